The normalized spacial score (nSPS) is 10.7. The Balaban J connectivity index is 1.50. The number of ether oxygens (including phenoxy) is 1. The maximum Gasteiger partial charge on any atom is 0.287 e. The van der Waals surface area contributed by atoms with Crippen LogP contribution in [0.15, 0.2) is 76.5 Å². The number of carbonyl (C=O) groups excluding carboxylic acids is 2. The minimum atomic E-state index is -0.385. The number of anilines is 1. The van der Waals surface area contributed by atoms with E-state index in [0.717, 1.165) is 5.69 Å². The van der Waals surface area contributed by atoms with Crippen LogP contribution >= 0.6 is 11.8 Å². The fourth-order valence-corrected chi connectivity index (χ4v) is 3.91. The van der Waals surface area contributed by atoms with Crippen LogP contribution in [0.4, 0.5) is 10.1 Å². The Bertz CT molecular complexity index is 1270. The second kappa shape index (κ2) is 11.3. The minimum absolute atomic E-state index is 0.0469. The lowest BCUT2D eigenvalue weighted by atomic mass is 10.3. The third-order valence-electron chi connectivity index (χ3n) is 4.72. The zero-order valence-electron chi connectivity index (χ0n) is 18.7. The van der Waals surface area contributed by atoms with Crippen LogP contribution in [0.25, 0.3) is 5.69 Å². The third kappa shape index (κ3) is 6.27. The molecule has 0 saturated carbocycles. The van der Waals surface area contributed by atoms with Gasteiger partial charge in [0.15, 0.2) is 16.7 Å². The molecule has 35 heavy (non-hydrogen) atoms. The van der Waals surface area contributed by atoms with Crippen LogP contribution < -0.4 is 15.4 Å². The number of hydrogen-bond donors (Lipinski definition) is 2. The molecule has 2 N–H and O–H groups in total. The van der Waals surface area contributed by atoms with E-state index in [1.165, 1.54) is 42.3 Å². The Labute approximate surface area is 204 Å². The van der Waals surface area contributed by atoms with Gasteiger partial charge < -0.3 is 19.8 Å². The number of benzene rings is 2. The molecule has 0 radical (unpaired) electrons. The Morgan fingerprint density at radius 2 is 1.86 bits per heavy atom. The van der Waals surface area contributed by atoms with E-state index in [9.17, 15) is 14.0 Å². The molecule has 0 unspecified atom stereocenters. The fourth-order valence-electron chi connectivity index (χ4n) is 3.14. The van der Waals surface area contributed by atoms with Crippen LogP contribution in [0.3, 0.4) is 0 Å². The Hall–Kier alpha value is -4.12. The Morgan fingerprint density at radius 3 is 2.54 bits per heavy atom. The Kier molecular flexibility index (Phi) is 7.78. The summed E-state index contributed by atoms with van der Waals surface area (Å²) in [4.78, 5) is 24.7. The molecule has 2 aromatic carbocycles. The fraction of sp³-hybridized carbons (Fsp3) is 0.167. The number of furan rings is 1. The molecule has 0 atom stereocenters. The van der Waals surface area contributed by atoms with E-state index < -0.39 is 0 Å². The molecule has 0 aliphatic carbocycles. The van der Waals surface area contributed by atoms with Crippen LogP contribution in [0.1, 0.15) is 23.3 Å². The zero-order valence-corrected chi connectivity index (χ0v) is 19.5. The average Bonchev–Trinajstić information content (AvgIpc) is 3.54. The summed E-state index contributed by atoms with van der Waals surface area (Å²) in [5.74, 6) is 0.363. The number of carbonyl (C=O) groups is 2. The summed E-state index contributed by atoms with van der Waals surface area (Å²) >= 11 is 1.18. The predicted molar refractivity (Wildman–Crippen MR) is 128 cm³/mol. The second-order valence-electron chi connectivity index (χ2n) is 7.16. The topological polar surface area (TPSA) is 111 Å². The molecule has 11 heteroatoms. The quantitative estimate of drug-likeness (QED) is 0.319. The van der Waals surface area contributed by atoms with Crippen molar-refractivity contribution < 1.29 is 23.1 Å². The summed E-state index contributed by atoms with van der Waals surface area (Å²) in [5, 5.41) is 14.4. The van der Waals surface area contributed by atoms with E-state index >= 15 is 0 Å². The van der Waals surface area contributed by atoms with Gasteiger partial charge in [-0.25, -0.2) is 4.39 Å². The van der Waals surface area contributed by atoms with Gasteiger partial charge in [-0.15, -0.1) is 10.2 Å². The van der Waals surface area contributed by atoms with Crippen LogP contribution in [-0.2, 0) is 11.3 Å². The number of amides is 2. The SMILES string of the molecule is CCOc1ccc(-n2c(CNC(=O)c3ccco3)nnc2SCC(=O)Nc2ccc(F)cc2)cc1. The van der Waals surface area contributed by atoms with Crippen LogP contribution in [0, 0.1) is 5.82 Å². The molecule has 0 aliphatic rings. The standard InChI is InChI=1S/C24H22FN5O4S/c1-2-33-19-11-9-18(10-12-19)30-21(14-26-23(32)20-4-3-13-34-20)28-29-24(30)35-15-22(31)27-17-7-5-16(25)6-8-17/h3-13H,2,14-15H2,1H3,(H,26,32)(H,27,31). The first-order valence-electron chi connectivity index (χ1n) is 10.7. The van der Waals surface area contributed by atoms with Gasteiger partial charge in [-0.1, -0.05) is 11.8 Å². The maximum atomic E-state index is 13.1. The van der Waals surface area contributed by atoms with Gasteiger partial charge in [0.25, 0.3) is 5.91 Å². The summed E-state index contributed by atoms with van der Waals surface area (Å²) in [7, 11) is 0. The van der Waals surface area contributed by atoms with Crippen molar-refractivity contribution in [3.8, 4) is 11.4 Å². The molecule has 0 saturated heterocycles. The molecule has 0 bridgehead atoms. The highest BCUT2D eigenvalue weighted by atomic mass is 32.2. The summed E-state index contributed by atoms with van der Waals surface area (Å²) < 4.78 is 25.5. The summed E-state index contributed by atoms with van der Waals surface area (Å²) in [6.07, 6.45) is 1.42. The zero-order chi connectivity index (χ0) is 24.6. The average molecular weight is 496 g/mol. The molecule has 0 spiro atoms. The number of nitrogens with zero attached hydrogens (tertiary/aromatic N) is 3. The van der Waals surface area contributed by atoms with Crippen LogP contribution in [-0.4, -0.2) is 38.9 Å². The molecule has 2 aromatic heterocycles. The second-order valence-corrected chi connectivity index (χ2v) is 8.11. The molecule has 0 fully saturated rings. The van der Waals surface area contributed by atoms with E-state index in [0.29, 0.717) is 29.0 Å². The summed E-state index contributed by atoms with van der Waals surface area (Å²) in [5.41, 5.74) is 1.23. The summed E-state index contributed by atoms with van der Waals surface area (Å²) in [6, 6.07) is 16.0. The van der Waals surface area contributed by atoms with Crippen molar-refractivity contribution in [2.45, 2.75) is 18.6 Å². The van der Waals surface area contributed by atoms with Gasteiger partial charge in [0.05, 0.1) is 25.2 Å². The predicted octanol–water partition coefficient (Wildman–Crippen LogP) is 4.06. The van der Waals surface area contributed by atoms with Crippen molar-refractivity contribution >= 4 is 29.3 Å². The van der Waals surface area contributed by atoms with Gasteiger partial charge >= 0.3 is 0 Å². The van der Waals surface area contributed by atoms with Gasteiger partial charge in [-0.2, -0.15) is 0 Å². The highest BCUT2D eigenvalue weighted by Gasteiger charge is 2.18. The largest absolute Gasteiger partial charge is 0.494 e. The first-order chi connectivity index (χ1) is 17.0. The van der Waals surface area contributed by atoms with Gasteiger partial charge in [0, 0.05) is 11.4 Å². The first kappa shape index (κ1) is 24.0. The molecular weight excluding hydrogens is 473 g/mol. The van der Waals surface area contributed by atoms with Crippen molar-refractivity contribution in [1.82, 2.24) is 20.1 Å². The molecule has 180 valence electrons. The van der Waals surface area contributed by atoms with Gasteiger partial charge in [0.1, 0.15) is 11.6 Å². The van der Waals surface area contributed by atoms with E-state index in [4.69, 9.17) is 9.15 Å². The third-order valence-corrected chi connectivity index (χ3v) is 5.65. The van der Waals surface area contributed by atoms with E-state index in [2.05, 4.69) is 20.8 Å². The Morgan fingerprint density at radius 1 is 1.09 bits per heavy atom. The van der Waals surface area contributed by atoms with Crippen molar-refractivity contribution in [3.63, 3.8) is 0 Å². The number of aromatic nitrogens is 3. The van der Waals surface area contributed by atoms with E-state index in [1.807, 2.05) is 31.2 Å². The lowest BCUT2D eigenvalue weighted by Gasteiger charge is -2.12. The van der Waals surface area contributed by atoms with Crippen molar-refractivity contribution in [2.24, 2.45) is 0 Å². The van der Waals surface area contributed by atoms with Gasteiger partial charge in [-0.3, -0.25) is 14.2 Å². The molecular formula is C24H22FN5O4S. The van der Waals surface area contributed by atoms with E-state index in [-0.39, 0.29) is 35.7 Å². The minimum Gasteiger partial charge on any atom is -0.494 e. The lowest BCUT2D eigenvalue weighted by Crippen LogP contribution is -2.24. The molecule has 4 rings (SSSR count). The van der Waals surface area contributed by atoms with Gasteiger partial charge in [-0.05, 0) is 67.6 Å². The van der Waals surface area contributed by atoms with Crippen LogP contribution in [0.5, 0.6) is 5.75 Å². The number of thioether (sulfide) groups is 1. The van der Waals surface area contributed by atoms with Crippen LogP contribution in [0.2, 0.25) is 0 Å². The molecule has 2 amide bonds. The van der Waals surface area contributed by atoms with E-state index in [1.54, 1.807) is 16.7 Å². The highest BCUT2D eigenvalue weighted by Crippen LogP contribution is 2.24. The summed E-state index contributed by atoms with van der Waals surface area (Å²) in [6.45, 7) is 2.53. The number of halogens is 1. The monoisotopic (exact) mass is 495 g/mol. The first-order valence-corrected chi connectivity index (χ1v) is 11.7. The molecule has 2 heterocycles. The number of nitrogens with one attached hydrogen (secondary N) is 2. The number of hydrogen-bond acceptors (Lipinski definition) is 7. The highest BCUT2D eigenvalue weighted by molar-refractivity contribution is 7.99. The van der Waals surface area contributed by atoms with Gasteiger partial charge in [0.2, 0.25) is 5.91 Å². The lowest BCUT2D eigenvalue weighted by molar-refractivity contribution is -0.113. The van der Waals surface area contributed by atoms with Crippen molar-refractivity contribution in [3.05, 3.63) is 84.3 Å². The number of rotatable bonds is 10. The smallest absolute Gasteiger partial charge is 0.287 e. The molecule has 4 aromatic rings. The molecule has 9 nitrogen and oxygen atoms in total. The van der Waals surface area contributed by atoms with Crippen molar-refractivity contribution in [2.75, 3.05) is 17.7 Å². The molecule has 0 aliphatic heterocycles. The van der Waals surface area contributed by atoms with Crippen molar-refractivity contribution in [1.29, 1.82) is 0 Å². The maximum absolute atomic E-state index is 13.1.